The van der Waals surface area contributed by atoms with Gasteiger partial charge < -0.3 is 16.0 Å². The van der Waals surface area contributed by atoms with Crippen molar-refractivity contribution in [1.29, 1.82) is 0 Å². The molecule has 0 amide bonds. The number of aromatic nitrogens is 2. The SMILES string of the molecule is Cc1cccc(NC(N)=NCc2ncc(-c3ccccc3)[nH]2)c1.I. The molecule has 0 aliphatic rings. The molecule has 24 heavy (non-hydrogen) atoms. The van der Waals surface area contributed by atoms with Crippen LogP contribution in [-0.2, 0) is 6.54 Å². The van der Waals surface area contributed by atoms with Gasteiger partial charge in [-0.15, -0.1) is 24.0 Å². The van der Waals surface area contributed by atoms with Gasteiger partial charge in [0.15, 0.2) is 5.96 Å². The minimum Gasteiger partial charge on any atom is -0.370 e. The standard InChI is InChI=1S/C18H19N5.HI/c1-13-6-5-9-15(10-13)22-18(19)21-12-17-20-11-16(23-17)14-7-3-2-4-8-14;/h2-11H,12H2,1H3,(H,20,23)(H3,19,21,22);1H. The highest BCUT2D eigenvalue weighted by Crippen LogP contribution is 2.16. The van der Waals surface area contributed by atoms with E-state index in [9.17, 15) is 0 Å². The second-order valence-corrected chi connectivity index (χ2v) is 5.31. The summed E-state index contributed by atoms with van der Waals surface area (Å²) in [5.74, 6) is 1.14. The van der Waals surface area contributed by atoms with E-state index in [0.717, 1.165) is 22.8 Å². The van der Waals surface area contributed by atoms with Crippen molar-refractivity contribution in [2.75, 3.05) is 5.32 Å². The van der Waals surface area contributed by atoms with Crippen molar-refractivity contribution >= 4 is 35.6 Å². The first-order valence-electron chi connectivity index (χ1n) is 7.43. The molecule has 0 bridgehead atoms. The fourth-order valence-corrected chi connectivity index (χ4v) is 2.28. The number of hydrogen-bond acceptors (Lipinski definition) is 2. The van der Waals surface area contributed by atoms with Crippen molar-refractivity contribution in [3.63, 3.8) is 0 Å². The second kappa shape index (κ2) is 8.49. The van der Waals surface area contributed by atoms with E-state index >= 15 is 0 Å². The Labute approximate surface area is 158 Å². The Bertz CT molecular complexity index is 811. The van der Waals surface area contributed by atoms with Gasteiger partial charge in [-0.2, -0.15) is 0 Å². The number of aryl methyl sites for hydroxylation is 1. The molecule has 2 aromatic carbocycles. The second-order valence-electron chi connectivity index (χ2n) is 5.31. The van der Waals surface area contributed by atoms with Crippen molar-refractivity contribution in [1.82, 2.24) is 9.97 Å². The summed E-state index contributed by atoms with van der Waals surface area (Å²) in [4.78, 5) is 11.9. The van der Waals surface area contributed by atoms with Gasteiger partial charge in [-0.1, -0.05) is 42.5 Å². The number of halogens is 1. The fraction of sp³-hybridized carbons (Fsp3) is 0.111. The average Bonchev–Trinajstić information content (AvgIpc) is 3.03. The van der Waals surface area contributed by atoms with Gasteiger partial charge in [0.2, 0.25) is 0 Å². The summed E-state index contributed by atoms with van der Waals surface area (Å²) in [6.45, 7) is 2.43. The summed E-state index contributed by atoms with van der Waals surface area (Å²) in [5.41, 5.74) is 10.1. The van der Waals surface area contributed by atoms with Crippen LogP contribution in [0.1, 0.15) is 11.4 Å². The fourth-order valence-electron chi connectivity index (χ4n) is 2.28. The van der Waals surface area contributed by atoms with Crippen LogP contribution in [0.5, 0.6) is 0 Å². The van der Waals surface area contributed by atoms with E-state index < -0.39 is 0 Å². The molecule has 0 aliphatic carbocycles. The molecule has 1 heterocycles. The molecule has 0 radical (unpaired) electrons. The van der Waals surface area contributed by atoms with Crippen LogP contribution in [0.4, 0.5) is 5.69 Å². The number of imidazole rings is 1. The number of nitrogens with one attached hydrogen (secondary N) is 2. The highest BCUT2D eigenvalue weighted by Gasteiger charge is 2.02. The Morgan fingerprint density at radius 2 is 1.96 bits per heavy atom. The largest absolute Gasteiger partial charge is 0.370 e. The van der Waals surface area contributed by atoms with Gasteiger partial charge in [0.25, 0.3) is 0 Å². The van der Waals surface area contributed by atoms with Gasteiger partial charge in [-0.05, 0) is 30.2 Å². The molecular weight excluding hydrogens is 413 g/mol. The summed E-state index contributed by atoms with van der Waals surface area (Å²) in [7, 11) is 0. The van der Waals surface area contributed by atoms with Crippen LogP contribution in [0, 0.1) is 6.92 Å². The number of hydrogen-bond donors (Lipinski definition) is 3. The predicted molar refractivity (Wildman–Crippen MR) is 110 cm³/mol. The van der Waals surface area contributed by atoms with E-state index in [1.54, 1.807) is 0 Å². The molecule has 0 atom stereocenters. The van der Waals surface area contributed by atoms with E-state index in [4.69, 9.17) is 5.73 Å². The number of benzene rings is 2. The lowest BCUT2D eigenvalue weighted by Crippen LogP contribution is -2.22. The molecule has 6 heteroatoms. The zero-order valence-corrected chi connectivity index (χ0v) is 15.7. The number of anilines is 1. The lowest BCUT2D eigenvalue weighted by molar-refractivity contribution is 0.947. The summed E-state index contributed by atoms with van der Waals surface area (Å²) < 4.78 is 0. The maximum absolute atomic E-state index is 5.92. The molecule has 1 aromatic heterocycles. The summed E-state index contributed by atoms with van der Waals surface area (Å²) >= 11 is 0. The van der Waals surface area contributed by atoms with Gasteiger partial charge in [-0.3, -0.25) is 0 Å². The van der Waals surface area contributed by atoms with Gasteiger partial charge >= 0.3 is 0 Å². The zero-order chi connectivity index (χ0) is 16.1. The Morgan fingerprint density at radius 1 is 1.17 bits per heavy atom. The molecule has 0 fully saturated rings. The number of guanidine groups is 1. The van der Waals surface area contributed by atoms with E-state index in [-0.39, 0.29) is 24.0 Å². The van der Waals surface area contributed by atoms with E-state index in [0.29, 0.717) is 12.5 Å². The van der Waals surface area contributed by atoms with Crippen molar-refractivity contribution in [3.05, 3.63) is 72.2 Å². The number of H-pyrrole nitrogens is 1. The van der Waals surface area contributed by atoms with Gasteiger partial charge in [0.1, 0.15) is 12.4 Å². The van der Waals surface area contributed by atoms with Crippen LogP contribution in [0.2, 0.25) is 0 Å². The highest BCUT2D eigenvalue weighted by molar-refractivity contribution is 14.0. The van der Waals surface area contributed by atoms with Crippen molar-refractivity contribution in [2.24, 2.45) is 10.7 Å². The van der Waals surface area contributed by atoms with Crippen molar-refractivity contribution in [3.8, 4) is 11.3 Å². The molecule has 124 valence electrons. The number of aromatic amines is 1. The maximum atomic E-state index is 5.92. The van der Waals surface area contributed by atoms with E-state index in [1.165, 1.54) is 5.56 Å². The third-order valence-corrected chi connectivity index (χ3v) is 3.40. The Balaban J connectivity index is 0.00000208. The number of nitrogens with two attached hydrogens (primary N) is 1. The molecule has 3 rings (SSSR count). The normalized spacial score (nSPS) is 11.0. The summed E-state index contributed by atoms with van der Waals surface area (Å²) in [6.07, 6.45) is 1.81. The highest BCUT2D eigenvalue weighted by atomic mass is 127. The summed E-state index contributed by atoms with van der Waals surface area (Å²) in [6, 6.07) is 18.0. The van der Waals surface area contributed by atoms with Crippen molar-refractivity contribution in [2.45, 2.75) is 13.5 Å². The molecule has 3 aromatic rings. The number of nitrogens with zero attached hydrogens (tertiary/aromatic N) is 2. The topological polar surface area (TPSA) is 79.1 Å². The van der Waals surface area contributed by atoms with E-state index in [2.05, 4.69) is 20.3 Å². The first-order chi connectivity index (χ1) is 11.2. The lowest BCUT2D eigenvalue weighted by atomic mass is 10.2. The van der Waals surface area contributed by atoms with Crippen LogP contribution < -0.4 is 11.1 Å². The lowest BCUT2D eigenvalue weighted by Gasteiger charge is -2.05. The summed E-state index contributed by atoms with van der Waals surface area (Å²) in [5, 5.41) is 3.08. The molecule has 0 saturated heterocycles. The number of aliphatic imine (C=N–C) groups is 1. The first kappa shape index (κ1) is 18.0. The Kier molecular flexibility index (Phi) is 6.36. The van der Waals surface area contributed by atoms with Gasteiger partial charge in [0, 0.05) is 5.69 Å². The van der Waals surface area contributed by atoms with Crippen molar-refractivity contribution < 1.29 is 0 Å². The minimum absolute atomic E-state index is 0. The van der Waals surface area contributed by atoms with Crippen LogP contribution in [0.25, 0.3) is 11.3 Å². The molecule has 5 nitrogen and oxygen atoms in total. The molecule has 0 unspecified atom stereocenters. The average molecular weight is 433 g/mol. The van der Waals surface area contributed by atoms with Gasteiger partial charge in [0.05, 0.1) is 11.9 Å². The molecule has 4 N–H and O–H groups in total. The third-order valence-electron chi connectivity index (χ3n) is 3.40. The maximum Gasteiger partial charge on any atom is 0.193 e. The molecule has 0 saturated carbocycles. The van der Waals surface area contributed by atoms with Gasteiger partial charge in [-0.25, -0.2) is 9.98 Å². The Hall–Kier alpha value is -2.35. The van der Waals surface area contributed by atoms with Crippen LogP contribution in [0.3, 0.4) is 0 Å². The smallest absolute Gasteiger partial charge is 0.193 e. The monoisotopic (exact) mass is 433 g/mol. The third kappa shape index (κ3) is 4.82. The van der Waals surface area contributed by atoms with Crippen LogP contribution >= 0.6 is 24.0 Å². The minimum atomic E-state index is 0. The Morgan fingerprint density at radius 3 is 2.71 bits per heavy atom. The zero-order valence-electron chi connectivity index (χ0n) is 13.4. The molecule has 0 spiro atoms. The van der Waals surface area contributed by atoms with E-state index in [1.807, 2.05) is 67.7 Å². The van der Waals surface area contributed by atoms with Crippen LogP contribution in [0.15, 0.2) is 65.8 Å². The van der Waals surface area contributed by atoms with Crippen LogP contribution in [-0.4, -0.2) is 15.9 Å². The number of rotatable bonds is 4. The quantitative estimate of drug-likeness (QED) is 0.332. The molecule has 0 aliphatic heterocycles. The molecular formula is C18H20IN5. The first-order valence-corrected chi connectivity index (χ1v) is 7.43. The predicted octanol–water partition coefficient (Wildman–Crippen LogP) is 3.93.